The molecule has 0 aliphatic rings. The van der Waals surface area contributed by atoms with Gasteiger partial charge in [0, 0.05) is 18.3 Å². The molecule has 0 bridgehead atoms. The number of benzene rings is 2. The molecular weight excluding hydrogens is 347 g/mol. The fraction of sp³-hybridized carbons (Fsp3) is 0.0500. The summed E-state index contributed by atoms with van der Waals surface area (Å²) in [5.74, 6) is -0.430. The molecule has 7 heteroatoms. The van der Waals surface area contributed by atoms with Crippen LogP contribution < -0.4 is 10.9 Å². The number of carbonyl (C=O) groups is 1. The lowest BCUT2D eigenvalue weighted by molar-refractivity contribution is 0.241. The van der Waals surface area contributed by atoms with Crippen LogP contribution in [0.15, 0.2) is 71.7 Å². The van der Waals surface area contributed by atoms with E-state index in [0.717, 1.165) is 10.1 Å². The van der Waals surface area contributed by atoms with Gasteiger partial charge in [0.2, 0.25) is 0 Å². The minimum atomic E-state index is -0.544. The van der Waals surface area contributed by atoms with Gasteiger partial charge in [0.25, 0.3) is 5.56 Å². The first-order valence-corrected chi connectivity index (χ1v) is 8.31. The van der Waals surface area contributed by atoms with Crippen molar-refractivity contribution >= 4 is 16.9 Å². The molecule has 6 nitrogen and oxygen atoms in total. The van der Waals surface area contributed by atoms with Gasteiger partial charge in [-0.1, -0.05) is 42.5 Å². The smallest absolute Gasteiger partial charge is 0.328 e. The number of hydrogen-bond acceptors (Lipinski definition) is 3. The standard InChI is InChI=1S/C20H15FN4O2/c21-15-8-4-7-14(11-15)18-17-16(23-24-18)9-10-25(19(17)26)20(27)22-12-13-5-2-1-3-6-13/h1-11H,12H2,(H,22,27)(H,23,24). The number of halogens is 1. The molecule has 0 aliphatic carbocycles. The minimum Gasteiger partial charge on any atom is -0.333 e. The van der Waals surface area contributed by atoms with E-state index in [0.29, 0.717) is 23.3 Å². The van der Waals surface area contributed by atoms with Crippen molar-refractivity contribution in [1.29, 1.82) is 0 Å². The van der Waals surface area contributed by atoms with Crippen molar-refractivity contribution in [1.82, 2.24) is 20.1 Å². The number of aromatic amines is 1. The summed E-state index contributed by atoms with van der Waals surface area (Å²) in [5, 5.41) is 9.83. The summed E-state index contributed by atoms with van der Waals surface area (Å²) >= 11 is 0. The maximum atomic E-state index is 13.5. The Hall–Kier alpha value is -3.74. The van der Waals surface area contributed by atoms with E-state index >= 15 is 0 Å². The summed E-state index contributed by atoms with van der Waals surface area (Å²) in [6.45, 7) is 0.298. The molecule has 2 heterocycles. The molecule has 0 unspecified atom stereocenters. The van der Waals surface area contributed by atoms with Crippen molar-refractivity contribution in [2.75, 3.05) is 0 Å². The van der Waals surface area contributed by atoms with E-state index in [2.05, 4.69) is 15.5 Å². The van der Waals surface area contributed by atoms with E-state index in [1.807, 2.05) is 30.3 Å². The van der Waals surface area contributed by atoms with Crippen LogP contribution >= 0.6 is 0 Å². The number of hydrogen-bond donors (Lipinski definition) is 2. The van der Waals surface area contributed by atoms with Gasteiger partial charge in [-0.25, -0.2) is 13.8 Å². The number of amides is 1. The van der Waals surface area contributed by atoms with Crippen LogP contribution in [-0.4, -0.2) is 20.8 Å². The fourth-order valence-corrected chi connectivity index (χ4v) is 2.89. The van der Waals surface area contributed by atoms with Gasteiger partial charge in [-0.2, -0.15) is 5.10 Å². The molecule has 0 fully saturated rings. The van der Waals surface area contributed by atoms with Gasteiger partial charge in [-0.15, -0.1) is 0 Å². The first-order valence-electron chi connectivity index (χ1n) is 8.31. The maximum absolute atomic E-state index is 13.5. The number of aromatic nitrogens is 3. The Bertz CT molecular complexity index is 1180. The Morgan fingerprint density at radius 3 is 2.70 bits per heavy atom. The van der Waals surface area contributed by atoms with Gasteiger partial charge in [0.15, 0.2) is 0 Å². The molecular formula is C20H15FN4O2. The van der Waals surface area contributed by atoms with Crippen molar-refractivity contribution in [3.63, 3.8) is 0 Å². The van der Waals surface area contributed by atoms with Crippen LogP contribution in [0.3, 0.4) is 0 Å². The normalized spacial score (nSPS) is 10.9. The topological polar surface area (TPSA) is 79.8 Å². The largest absolute Gasteiger partial charge is 0.333 e. The maximum Gasteiger partial charge on any atom is 0.328 e. The molecule has 0 saturated carbocycles. The summed E-state index contributed by atoms with van der Waals surface area (Å²) in [4.78, 5) is 25.3. The summed E-state index contributed by atoms with van der Waals surface area (Å²) < 4.78 is 14.5. The van der Waals surface area contributed by atoms with Crippen molar-refractivity contribution in [3.05, 3.63) is 88.6 Å². The van der Waals surface area contributed by atoms with E-state index in [1.54, 1.807) is 18.2 Å². The number of fused-ring (bicyclic) bond motifs is 1. The van der Waals surface area contributed by atoms with Gasteiger partial charge < -0.3 is 5.32 Å². The zero-order chi connectivity index (χ0) is 18.8. The molecule has 4 aromatic rings. The Morgan fingerprint density at radius 1 is 1.11 bits per heavy atom. The molecule has 4 rings (SSSR count). The summed E-state index contributed by atoms with van der Waals surface area (Å²) in [6.07, 6.45) is 1.39. The van der Waals surface area contributed by atoms with E-state index < -0.39 is 17.4 Å². The van der Waals surface area contributed by atoms with Crippen molar-refractivity contribution in [3.8, 4) is 11.3 Å². The average molecular weight is 362 g/mol. The fourth-order valence-electron chi connectivity index (χ4n) is 2.89. The minimum absolute atomic E-state index is 0.234. The Balaban J connectivity index is 1.70. The van der Waals surface area contributed by atoms with Gasteiger partial charge >= 0.3 is 6.03 Å². The highest BCUT2D eigenvalue weighted by Crippen LogP contribution is 2.24. The third-order valence-corrected chi connectivity index (χ3v) is 4.22. The van der Waals surface area contributed by atoms with Gasteiger partial charge in [0.1, 0.15) is 11.5 Å². The van der Waals surface area contributed by atoms with Crippen LogP contribution in [0.5, 0.6) is 0 Å². The monoisotopic (exact) mass is 362 g/mol. The zero-order valence-corrected chi connectivity index (χ0v) is 14.1. The van der Waals surface area contributed by atoms with Crippen LogP contribution in [0.2, 0.25) is 0 Å². The third kappa shape index (κ3) is 3.22. The van der Waals surface area contributed by atoms with Crippen LogP contribution in [0, 0.1) is 5.82 Å². The van der Waals surface area contributed by atoms with Crippen LogP contribution in [0.1, 0.15) is 5.56 Å². The second-order valence-corrected chi connectivity index (χ2v) is 6.01. The lowest BCUT2D eigenvalue weighted by atomic mass is 10.1. The lowest BCUT2D eigenvalue weighted by Crippen LogP contribution is -2.35. The second-order valence-electron chi connectivity index (χ2n) is 6.01. The zero-order valence-electron chi connectivity index (χ0n) is 14.1. The van der Waals surface area contributed by atoms with Gasteiger partial charge in [-0.05, 0) is 23.8 Å². The number of H-pyrrole nitrogens is 1. The number of pyridine rings is 1. The highest BCUT2D eigenvalue weighted by molar-refractivity contribution is 5.93. The molecule has 2 N–H and O–H groups in total. The number of nitrogens with zero attached hydrogens (tertiary/aromatic N) is 2. The molecule has 0 radical (unpaired) electrons. The van der Waals surface area contributed by atoms with Crippen LogP contribution in [0.4, 0.5) is 9.18 Å². The van der Waals surface area contributed by atoms with Crippen molar-refractivity contribution < 1.29 is 9.18 Å². The first-order chi connectivity index (χ1) is 13.1. The number of nitrogens with one attached hydrogen (secondary N) is 2. The molecule has 1 amide bonds. The van der Waals surface area contributed by atoms with E-state index in [9.17, 15) is 14.0 Å². The SMILES string of the molecule is O=C(NCc1ccccc1)n1ccc2[nH]nc(-c3cccc(F)c3)c2c1=O. The average Bonchev–Trinajstić information content (AvgIpc) is 3.12. The summed E-state index contributed by atoms with van der Waals surface area (Å²) in [7, 11) is 0. The Kier molecular flexibility index (Phi) is 4.25. The summed E-state index contributed by atoms with van der Waals surface area (Å²) in [5.41, 5.74) is 1.64. The number of rotatable bonds is 3. The molecule has 27 heavy (non-hydrogen) atoms. The molecule has 0 spiro atoms. The van der Waals surface area contributed by atoms with Gasteiger partial charge in [-0.3, -0.25) is 9.89 Å². The van der Waals surface area contributed by atoms with Crippen molar-refractivity contribution in [2.24, 2.45) is 0 Å². The van der Waals surface area contributed by atoms with Crippen LogP contribution in [-0.2, 0) is 6.54 Å². The Labute approximate surface area is 153 Å². The highest BCUT2D eigenvalue weighted by Gasteiger charge is 2.16. The molecule has 0 aliphatic heterocycles. The molecule has 2 aromatic heterocycles. The van der Waals surface area contributed by atoms with E-state index in [4.69, 9.17) is 0 Å². The van der Waals surface area contributed by atoms with Crippen molar-refractivity contribution in [2.45, 2.75) is 6.54 Å². The first kappa shape index (κ1) is 16.7. The van der Waals surface area contributed by atoms with E-state index in [1.165, 1.54) is 18.3 Å². The molecule has 0 atom stereocenters. The predicted octanol–water partition coefficient (Wildman–Crippen LogP) is 3.29. The van der Waals surface area contributed by atoms with E-state index in [-0.39, 0.29) is 5.39 Å². The lowest BCUT2D eigenvalue weighted by Gasteiger charge is -2.07. The summed E-state index contributed by atoms with van der Waals surface area (Å²) in [6, 6.07) is 16.2. The van der Waals surface area contributed by atoms with Crippen LogP contribution in [0.25, 0.3) is 22.2 Å². The second kappa shape index (κ2) is 6.87. The van der Waals surface area contributed by atoms with Gasteiger partial charge in [0.05, 0.1) is 10.9 Å². The molecule has 2 aromatic carbocycles. The highest BCUT2D eigenvalue weighted by atomic mass is 19.1. The predicted molar refractivity (Wildman–Crippen MR) is 99.8 cm³/mol. The quantitative estimate of drug-likeness (QED) is 0.587. The third-order valence-electron chi connectivity index (χ3n) is 4.22. The number of carbonyl (C=O) groups excluding carboxylic acids is 1. The molecule has 134 valence electrons. The Morgan fingerprint density at radius 2 is 1.93 bits per heavy atom. The molecule has 0 saturated heterocycles.